The summed E-state index contributed by atoms with van der Waals surface area (Å²) < 4.78 is 32.1. The number of nitrogens with one attached hydrogen (secondary N) is 1. The zero-order chi connectivity index (χ0) is 17.4. The standard InChI is InChI=1S/C16H12F2N2O4/c17-10-4-9-8-3-7(20-15(21)6-12(19)16(22)23)1-2-13(8)24-14(9)5-11(10)18/h1-5,12H,6,19H2,(H,20,21)(H,22,23)/t12-/m0/s1. The molecule has 0 saturated carbocycles. The van der Waals surface area contributed by atoms with Crippen molar-refractivity contribution < 1.29 is 27.9 Å². The highest BCUT2D eigenvalue weighted by atomic mass is 19.2. The van der Waals surface area contributed by atoms with E-state index in [2.05, 4.69) is 5.32 Å². The number of hydrogen-bond donors (Lipinski definition) is 3. The average molecular weight is 334 g/mol. The van der Waals surface area contributed by atoms with Crippen LogP contribution in [0.25, 0.3) is 21.9 Å². The van der Waals surface area contributed by atoms with Gasteiger partial charge in [-0.1, -0.05) is 0 Å². The van der Waals surface area contributed by atoms with E-state index in [0.717, 1.165) is 12.1 Å². The van der Waals surface area contributed by atoms with Gasteiger partial charge in [0.25, 0.3) is 0 Å². The molecule has 0 radical (unpaired) electrons. The Labute approximate surface area is 133 Å². The third-order valence-corrected chi connectivity index (χ3v) is 3.52. The molecule has 3 rings (SSSR count). The lowest BCUT2D eigenvalue weighted by molar-refractivity contribution is -0.140. The van der Waals surface area contributed by atoms with E-state index < -0.39 is 29.6 Å². The van der Waals surface area contributed by atoms with Crippen molar-refractivity contribution in [1.82, 2.24) is 0 Å². The number of benzene rings is 2. The van der Waals surface area contributed by atoms with Crippen LogP contribution in [0.3, 0.4) is 0 Å². The predicted octanol–water partition coefficient (Wildman–Crippen LogP) is 2.60. The van der Waals surface area contributed by atoms with Crippen LogP contribution >= 0.6 is 0 Å². The minimum Gasteiger partial charge on any atom is -0.480 e. The van der Waals surface area contributed by atoms with Gasteiger partial charge in [-0.3, -0.25) is 9.59 Å². The van der Waals surface area contributed by atoms with Crippen molar-refractivity contribution in [3.63, 3.8) is 0 Å². The van der Waals surface area contributed by atoms with Crippen LogP contribution in [0, 0.1) is 11.6 Å². The van der Waals surface area contributed by atoms with E-state index in [1.165, 1.54) is 18.2 Å². The van der Waals surface area contributed by atoms with Crippen LogP contribution < -0.4 is 11.1 Å². The van der Waals surface area contributed by atoms with E-state index in [4.69, 9.17) is 15.3 Å². The van der Waals surface area contributed by atoms with E-state index in [-0.39, 0.29) is 12.0 Å². The Hall–Kier alpha value is -3.00. The van der Waals surface area contributed by atoms with Gasteiger partial charge in [0.2, 0.25) is 5.91 Å². The molecule has 0 unspecified atom stereocenters. The molecule has 1 amide bonds. The Kier molecular flexibility index (Phi) is 3.90. The summed E-state index contributed by atoms with van der Waals surface area (Å²) in [7, 11) is 0. The van der Waals surface area contributed by atoms with E-state index in [1.807, 2.05) is 0 Å². The van der Waals surface area contributed by atoms with Crippen LogP contribution in [0.4, 0.5) is 14.5 Å². The minimum atomic E-state index is -1.31. The number of amides is 1. The normalized spacial score (nSPS) is 12.5. The van der Waals surface area contributed by atoms with Gasteiger partial charge in [0.05, 0.1) is 6.42 Å². The number of fused-ring (bicyclic) bond motifs is 3. The minimum absolute atomic E-state index is 0.181. The maximum absolute atomic E-state index is 13.4. The van der Waals surface area contributed by atoms with Crippen LogP contribution in [0.1, 0.15) is 6.42 Å². The molecule has 6 nitrogen and oxygen atoms in total. The SMILES string of the molecule is N[C@@H](CC(=O)Nc1ccc2oc3cc(F)c(F)cc3c2c1)C(=O)O. The third kappa shape index (κ3) is 2.91. The van der Waals surface area contributed by atoms with Gasteiger partial charge >= 0.3 is 5.97 Å². The molecule has 1 heterocycles. The number of anilines is 1. The lowest BCUT2D eigenvalue weighted by atomic mass is 10.1. The Balaban J connectivity index is 1.93. The Morgan fingerprint density at radius 1 is 1.12 bits per heavy atom. The summed E-state index contributed by atoms with van der Waals surface area (Å²) in [5.74, 6) is -3.88. The van der Waals surface area contributed by atoms with Crippen LogP contribution in [-0.2, 0) is 9.59 Å². The molecule has 0 spiro atoms. The largest absolute Gasteiger partial charge is 0.480 e. The molecule has 0 saturated heterocycles. The number of nitrogens with two attached hydrogens (primary N) is 1. The molecule has 1 aromatic heterocycles. The van der Waals surface area contributed by atoms with Gasteiger partial charge in [0.1, 0.15) is 17.2 Å². The number of carbonyl (C=O) groups excluding carboxylic acids is 1. The van der Waals surface area contributed by atoms with Gasteiger partial charge in [-0.15, -0.1) is 0 Å². The topological polar surface area (TPSA) is 106 Å². The van der Waals surface area contributed by atoms with Gasteiger partial charge in [-0.2, -0.15) is 0 Å². The van der Waals surface area contributed by atoms with Crippen LogP contribution in [0.15, 0.2) is 34.7 Å². The second-order valence-corrected chi connectivity index (χ2v) is 5.27. The zero-order valence-corrected chi connectivity index (χ0v) is 12.2. The molecule has 0 aliphatic carbocycles. The van der Waals surface area contributed by atoms with Gasteiger partial charge in [-0.25, -0.2) is 8.78 Å². The highest BCUT2D eigenvalue weighted by Crippen LogP contribution is 2.32. The number of furan rings is 1. The smallest absolute Gasteiger partial charge is 0.321 e. The second-order valence-electron chi connectivity index (χ2n) is 5.27. The van der Waals surface area contributed by atoms with Crippen LogP contribution in [0.2, 0.25) is 0 Å². The summed E-state index contributed by atoms with van der Waals surface area (Å²) in [4.78, 5) is 22.4. The maximum atomic E-state index is 13.4. The van der Waals surface area contributed by atoms with Crippen molar-refractivity contribution in [2.24, 2.45) is 5.73 Å². The molecular weight excluding hydrogens is 322 g/mol. The highest BCUT2D eigenvalue weighted by Gasteiger charge is 2.17. The van der Waals surface area contributed by atoms with Crippen molar-refractivity contribution in [2.45, 2.75) is 12.5 Å². The molecule has 3 aromatic rings. The molecule has 2 aromatic carbocycles. The number of carboxylic acid groups (broad SMARTS) is 1. The van der Waals surface area contributed by atoms with E-state index in [1.54, 1.807) is 0 Å². The first-order valence-corrected chi connectivity index (χ1v) is 6.94. The highest BCUT2D eigenvalue weighted by molar-refractivity contribution is 6.07. The molecule has 1 atom stereocenters. The van der Waals surface area contributed by atoms with E-state index >= 15 is 0 Å². The molecule has 0 fully saturated rings. The quantitative estimate of drug-likeness (QED) is 0.680. The van der Waals surface area contributed by atoms with Gasteiger partial charge in [0.15, 0.2) is 11.6 Å². The lowest BCUT2D eigenvalue weighted by Gasteiger charge is -2.07. The van der Waals surface area contributed by atoms with Crippen molar-refractivity contribution >= 4 is 39.5 Å². The molecule has 24 heavy (non-hydrogen) atoms. The van der Waals surface area contributed by atoms with Crippen molar-refractivity contribution in [3.8, 4) is 0 Å². The molecule has 124 valence electrons. The summed E-state index contributed by atoms with van der Waals surface area (Å²) in [6.07, 6.45) is -0.390. The molecule has 8 heteroatoms. The van der Waals surface area contributed by atoms with Crippen LogP contribution in [0.5, 0.6) is 0 Å². The molecular formula is C16H12F2N2O4. The number of aliphatic carboxylic acids is 1. The summed E-state index contributed by atoms with van der Waals surface area (Å²) in [5.41, 5.74) is 6.24. The fraction of sp³-hybridized carbons (Fsp3) is 0.125. The number of rotatable bonds is 4. The summed E-state index contributed by atoms with van der Waals surface area (Å²) in [5, 5.41) is 12.1. The van der Waals surface area contributed by atoms with E-state index in [0.29, 0.717) is 22.0 Å². The number of carboxylic acids is 1. The van der Waals surface area contributed by atoms with E-state index in [9.17, 15) is 18.4 Å². The Morgan fingerprint density at radius 3 is 2.50 bits per heavy atom. The van der Waals surface area contributed by atoms with Crippen molar-refractivity contribution in [3.05, 3.63) is 42.0 Å². The molecule has 0 aliphatic heterocycles. The van der Waals surface area contributed by atoms with Crippen molar-refractivity contribution in [2.75, 3.05) is 5.32 Å². The maximum Gasteiger partial charge on any atom is 0.321 e. The average Bonchev–Trinajstić information content (AvgIpc) is 2.84. The fourth-order valence-electron chi connectivity index (χ4n) is 2.35. The summed E-state index contributed by atoms with van der Waals surface area (Å²) >= 11 is 0. The first-order chi connectivity index (χ1) is 11.3. The first-order valence-electron chi connectivity index (χ1n) is 6.94. The third-order valence-electron chi connectivity index (χ3n) is 3.52. The first kappa shape index (κ1) is 15.9. The second kappa shape index (κ2) is 5.89. The number of halogens is 2. The van der Waals surface area contributed by atoms with Crippen LogP contribution in [-0.4, -0.2) is 23.0 Å². The molecule has 0 bridgehead atoms. The summed E-state index contributed by atoms with van der Waals surface area (Å²) in [6, 6.07) is 5.26. The molecule has 4 N–H and O–H groups in total. The number of hydrogen-bond acceptors (Lipinski definition) is 4. The number of carbonyl (C=O) groups is 2. The molecule has 0 aliphatic rings. The predicted molar refractivity (Wildman–Crippen MR) is 82.5 cm³/mol. The monoisotopic (exact) mass is 334 g/mol. The Morgan fingerprint density at radius 2 is 1.79 bits per heavy atom. The zero-order valence-electron chi connectivity index (χ0n) is 12.2. The van der Waals surface area contributed by atoms with Gasteiger partial charge in [0, 0.05) is 22.5 Å². The van der Waals surface area contributed by atoms with Gasteiger partial charge in [-0.05, 0) is 24.3 Å². The van der Waals surface area contributed by atoms with Crippen molar-refractivity contribution in [1.29, 1.82) is 0 Å². The van der Waals surface area contributed by atoms with Gasteiger partial charge < -0.3 is 20.6 Å². The fourth-order valence-corrected chi connectivity index (χ4v) is 2.35. The Bertz CT molecular complexity index is 968. The summed E-state index contributed by atoms with van der Waals surface area (Å²) in [6.45, 7) is 0. The lowest BCUT2D eigenvalue weighted by Crippen LogP contribution is -2.34.